The topological polar surface area (TPSA) is 23.4 Å². The Labute approximate surface area is 588 Å². The Hall–Kier alpha value is -13.3. The van der Waals surface area contributed by atoms with Crippen molar-refractivity contribution >= 4 is 67.3 Å². The van der Waals surface area contributed by atoms with E-state index in [1.54, 1.807) is 0 Å². The van der Waals surface area contributed by atoms with Gasteiger partial charge in [0.2, 0.25) is 0 Å². The Morgan fingerprint density at radius 3 is 1.12 bits per heavy atom. The first kappa shape index (κ1) is 59.0. The average molecular weight is 1290 g/mol. The van der Waals surface area contributed by atoms with Crippen molar-refractivity contribution in [1.29, 1.82) is 0 Å². The summed E-state index contributed by atoms with van der Waals surface area (Å²) in [6.45, 7) is 0. The third-order valence-electron chi connectivity index (χ3n) is 20.8. The molecule has 0 aliphatic heterocycles. The summed E-state index contributed by atoms with van der Waals surface area (Å²) in [5, 5.41) is 6.16. The Kier molecular flexibility index (Phi) is 14.4. The molecule has 0 radical (unpaired) electrons. The molecule has 0 amide bonds. The van der Waals surface area contributed by atoms with Gasteiger partial charge in [0.1, 0.15) is 0 Å². The molecule has 17 aromatic rings. The van der Waals surface area contributed by atoms with Gasteiger partial charge in [-0.2, -0.15) is 0 Å². The second-order valence-corrected chi connectivity index (χ2v) is 26.4. The fourth-order valence-electron chi connectivity index (χ4n) is 16.3. The van der Waals surface area contributed by atoms with Crippen LogP contribution in [0.2, 0.25) is 0 Å². The van der Waals surface area contributed by atoms with Gasteiger partial charge in [-0.1, -0.05) is 267 Å². The van der Waals surface area contributed by atoms with Crippen molar-refractivity contribution < 1.29 is 0 Å². The molecule has 1 N–H and O–H groups in total. The minimum Gasteiger partial charge on any atom is -0.355 e. The van der Waals surface area contributed by atoms with Crippen molar-refractivity contribution in [1.82, 2.24) is 4.57 Å². The lowest BCUT2D eigenvalue weighted by atomic mass is 9.70. The molecule has 4 nitrogen and oxygen atoms in total. The van der Waals surface area contributed by atoms with Gasteiger partial charge in [-0.25, -0.2) is 0 Å². The Bertz CT molecular complexity index is 5860. The zero-order chi connectivity index (χ0) is 66.8. The molecule has 1 atom stereocenters. The molecule has 0 saturated carbocycles. The fourth-order valence-corrected chi connectivity index (χ4v) is 16.3. The van der Waals surface area contributed by atoms with Crippen LogP contribution >= 0.6 is 0 Å². The summed E-state index contributed by atoms with van der Waals surface area (Å²) in [5.41, 5.74) is 33.1. The highest BCUT2D eigenvalue weighted by molar-refractivity contribution is 6.11. The predicted molar refractivity (Wildman–Crippen MR) is 423 cm³/mol. The van der Waals surface area contributed by atoms with Gasteiger partial charge in [-0.15, -0.1) is 0 Å². The minimum absolute atomic E-state index is 0.712. The van der Waals surface area contributed by atoms with Gasteiger partial charge in [-0.05, 0) is 222 Å². The molecule has 2 aliphatic carbocycles. The summed E-state index contributed by atoms with van der Waals surface area (Å²) in [4.78, 5) is 4.69. The van der Waals surface area contributed by atoms with E-state index in [1.807, 2.05) is 0 Å². The van der Waals surface area contributed by atoms with E-state index in [4.69, 9.17) is 0 Å². The molecule has 1 unspecified atom stereocenters. The van der Waals surface area contributed by atoms with Crippen molar-refractivity contribution in [3.63, 3.8) is 0 Å². The molecule has 4 heteroatoms. The number of rotatable bonds is 14. The molecule has 0 fully saturated rings. The zero-order valence-electron chi connectivity index (χ0n) is 55.4. The normalized spacial score (nSPS) is 13.2. The van der Waals surface area contributed by atoms with Gasteiger partial charge in [0.25, 0.3) is 0 Å². The van der Waals surface area contributed by atoms with Gasteiger partial charge in [0.15, 0.2) is 0 Å². The van der Waals surface area contributed by atoms with E-state index in [9.17, 15) is 0 Å². The second-order valence-electron chi connectivity index (χ2n) is 26.4. The molecule has 1 spiro atoms. The molecule has 101 heavy (non-hydrogen) atoms. The number of nitrogens with one attached hydrogen (secondary N) is 1. The summed E-state index contributed by atoms with van der Waals surface area (Å²) in [5.74, 6) is 0. The van der Waals surface area contributed by atoms with Crippen LogP contribution in [0, 0.1) is 0 Å². The summed E-state index contributed by atoms with van der Waals surface area (Å²) in [6.07, 6.45) is 0. The van der Waals surface area contributed by atoms with Crippen LogP contribution in [-0.2, 0) is 5.41 Å². The van der Waals surface area contributed by atoms with Crippen LogP contribution < -0.4 is 15.1 Å². The van der Waals surface area contributed by atoms with E-state index >= 15 is 0 Å². The third-order valence-corrected chi connectivity index (χ3v) is 20.8. The number of hydrogen-bond donors (Lipinski definition) is 1. The van der Waals surface area contributed by atoms with Crippen molar-refractivity contribution in [2.45, 2.75) is 5.41 Å². The maximum Gasteiger partial charge on any atom is 0.0726 e. The van der Waals surface area contributed by atoms with Crippen molar-refractivity contribution in [2.24, 2.45) is 0 Å². The molecule has 2 aliphatic rings. The number of benzene rings is 16. The number of hydrogen-bond acceptors (Lipinski definition) is 3. The number of anilines is 8. The quantitative estimate of drug-likeness (QED) is 0.117. The third kappa shape index (κ3) is 9.98. The summed E-state index contributed by atoms with van der Waals surface area (Å²) < 4.78 is 2.43. The van der Waals surface area contributed by atoms with Crippen LogP contribution in [0.1, 0.15) is 22.3 Å². The molecule has 16 aromatic carbocycles. The lowest BCUT2D eigenvalue weighted by molar-refractivity contribution is 0.794. The van der Waals surface area contributed by atoms with Crippen molar-refractivity contribution in [2.75, 3.05) is 15.1 Å². The Balaban J connectivity index is 0.817. The summed E-state index contributed by atoms with van der Waals surface area (Å²) >= 11 is 0. The van der Waals surface area contributed by atoms with Gasteiger partial charge in [0.05, 0.1) is 16.4 Å². The van der Waals surface area contributed by atoms with Gasteiger partial charge in [0, 0.05) is 67.5 Å². The fraction of sp³-hybridized carbons (Fsp3) is 0.0103. The van der Waals surface area contributed by atoms with Gasteiger partial charge >= 0.3 is 0 Å². The monoisotopic (exact) mass is 1290 g/mol. The SMILES string of the molecule is c1ccc(Nc2ccccc2-c2ccc(-c3ccc4c(c3)-c3c(-c5ccc(N(c6ccccc6)c6ccccc6)cc5)cccc3C43c4ccc(-c5ccc6c7ccccc7n(-c7ccccc7)c6c5)cc4-c4c(-c5ccc(N(c6ccccc6)c6ccccc6)cc5)cccc43)cc2)cc1. The molecule has 19 rings (SSSR count). The molecular weight excluding hydrogens is 1220 g/mol. The maximum atomic E-state index is 3.69. The molecule has 0 saturated heterocycles. The Morgan fingerprint density at radius 1 is 0.228 bits per heavy atom. The van der Waals surface area contributed by atoms with Crippen molar-refractivity contribution in [3.8, 4) is 83.6 Å². The van der Waals surface area contributed by atoms with E-state index in [0.717, 1.165) is 95.7 Å². The van der Waals surface area contributed by atoms with Gasteiger partial charge < -0.3 is 19.7 Å². The highest BCUT2D eigenvalue weighted by Crippen LogP contribution is 2.66. The highest BCUT2D eigenvalue weighted by Gasteiger charge is 2.53. The van der Waals surface area contributed by atoms with Crippen LogP contribution in [0.5, 0.6) is 0 Å². The number of fused-ring (bicyclic) bond motifs is 13. The molecular formula is C97H66N4. The second kappa shape index (κ2) is 24.7. The predicted octanol–water partition coefficient (Wildman–Crippen LogP) is 26.1. The van der Waals surface area contributed by atoms with E-state index in [-0.39, 0.29) is 0 Å². The highest BCUT2D eigenvalue weighted by atomic mass is 15.1. The largest absolute Gasteiger partial charge is 0.355 e. The van der Waals surface area contributed by atoms with Gasteiger partial charge in [-0.3, -0.25) is 0 Å². The molecule has 0 bridgehead atoms. The van der Waals surface area contributed by atoms with E-state index in [0.29, 0.717) is 0 Å². The molecule has 474 valence electrons. The van der Waals surface area contributed by atoms with Crippen LogP contribution in [0.4, 0.5) is 45.5 Å². The van der Waals surface area contributed by atoms with Crippen LogP contribution in [-0.4, -0.2) is 4.57 Å². The maximum absolute atomic E-state index is 3.69. The summed E-state index contributed by atoms with van der Waals surface area (Å²) in [6, 6.07) is 145. The van der Waals surface area contributed by atoms with Crippen LogP contribution in [0.25, 0.3) is 105 Å². The van der Waals surface area contributed by atoms with E-state index in [1.165, 1.54) is 77.4 Å². The van der Waals surface area contributed by atoms with Crippen LogP contribution in [0.3, 0.4) is 0 Å². The number of aromatic nitrogens is 1. The smallest absolute Gasteiger partial charge is 0.0726 e. The zero-order valence-corrected chi connectivity index (χ0v) is 55.4. The lowest BCUT2D eigenvalue weighted by Crippen LogP contribution is -2.25. The lowest BCUT2D eigenvalue weighted by Gasteiger charge is -2.31. The van der Waals surface area contributed by atoms with E-state index in [2.05, 4.69) is 414 Å². The number of para-hydroxylation sites is 8. The van der Waals surface area contributed by atoms with Crippen LogP contribution in [0.15, 0.2) is 394 Å². The summed E-state index contributed by atoms with van der Waals surface area (Å²) in [7, 11) is 0. The Morgan fingerprint density at radius 2 is 0.594 bits per heavy atom. The average Bonchev–Trinajstić information content (AvgIpc) is 1.50. The van der Waals surface area contributed by atoms with Crippen molar-refractivity contribution in [3.05, 3.63) is 417 Å². The first-order valence-corrected chi connectivity index (χ1v) is 34.8. The first-order chi connectivity index (χ1) is 50.1. The first-order valence-electron chi connectivity index (χ1n) is 34.8. The minimum atomic E-state index is -0.712. The molecule has 1 aromatic heterocycles. The number of nitrogens with zero attached hydrogens (tertiary/aromatic N) is 3. The van der Waals surface area contributed by atoms with E-state index < -0.39 is 5.41 Å². The standard InChI is InChI=1S/C97H66N4/c1-7-25-73(26-8-1)98-92-43-21-19-37-81(92)67-47-45-66(46-48-67)70-54-61-88-86(63-70)95-82(68-49-56-79(57-50-68)99(74-27-9-2-10-28-74)75-29-11-3-12-30-75)39-23-41-90(95)97(88)89-62-55-71(72-53-60-85-84-38-20-22-44-93(84)101(94(85)65-72)78-35-17-6-18-36-78)64-87(89)96-83(40-24-42-91(96)97)69-51-58-80(59-52-69)100(76-31-13-4-14-32-76)77-33-15-5-16-34-77/h1-65,98H. The molecule has 1 heterocycles.